The third-order valence-corrected chi connectivity index (χ3v) is 3.52. The molecule has 2 rings (SSSR count). The third-order valence-electron chi connectivity index (χ3n) is 3.52. The molecule has 0 bridgehead atoms. The van der Waals surface area contributed by atoms with Crippen LogP contribution in [0.5, 0.6) is 0 Å². The molecule has 7 nitrogen and oxygen atoms in total. The van der Waals surface area contributed by atoms with Gasteiger partial charge in [-0.3, -0.25) is 9.59 Å². The molecule has 0 fully saturated rings. The monoisotopic (exact) mass is 352 g/mol. The molecule has 2 aromatic rings. The van der Waals surface area contributed by atoms with E-state index >= 15 is 0 Å². The van der Waals surface area contributed by atoms with E-state index in [0.717, 1.165) is 11.1 Å². The number of hydrogen-bond donors (Lipinski definition) is 4. The quantitative estimate of drug-likeness (QED) is 0.595. The molecule has 0 aliphatic heterocycles. The van der Waals surface area contributed by atoms with Gasteiger partial charge in [0.05, 0.1) is 0 Å². The molecule has 5 N–H and O–H groups in total. The van der Waals surface area contributed by atoms with E-state index in [1.54, 1.807) is 61.7 Å². The van der Waals surface area contributed by atoms with Crippen molar-refractivity contribution >= 4 is 29.6 Å². The average molecular weight is 352 g/mol. The van der Waals surface area contributed by atoms with Gasteiger partial charge in [-0.2, -0.15) is 0 Å². The SMILES string of the molecule is CNC(=O)c1ccc(/C=C/C(=O)NCc2ccc(NC(N)=O)cc2)cc1. The molecule has 0 atom stereocenters. The first-order valence-corrected chi connectivity index (χ1v) is 7.91. The highest BCUT2D eigenvalue weighted by Crippen LogP contribution is 2.09. The van der Waals surface area contributed by atoms with Gasteiger partial charge in [-0.05, 0) is 41.5 Å². The van der Waals surface area contributed by atoms with Crippen molar-refractivity contribution < 1.29 is 14.4 Å². The van der Waals surface area contributed by atoms with Crippen LogP contribution >= 0.6 is 0 Å². The highest BCUT2D eigenvalue weighted by Gasteiger charge is 2.02. The Morgan fingerprint density at radius 1 is 1.00 bits per heavy atom. The number of nitrogens with one attached hydrogen (secondary N) is 3. The highest BCUT2D eigenvalue weighted by molar-refractivity contribution is 5.94. The van der Waals surface area contributed by atoms with E-state index in [9.17, 15) is 14.4 Å². The van der Waals surface area contributed by atoms with Gasteiger partial charge in [-0.1, -0.05) is 24.3 Å². The molecule has 0 radical (unpaired) electrons. The smallest absolute Gasteiger partial charge is 0.316 e. The summed E-state index contributed by atoms with van der Waals surface area (Å²) < 4.78 is 0. The molecule has 0 spiro atoms. The van der Waals surface area contributed by atoms with Crippen LogP contribution in [0, 0.1) is 0 Å². The zero-order chi connectivity index (χ0) is 18.9. The first-order chi connectivity index (χ1) is 12.5. The summed E-state index contributed by atoms with van der Waals surface area (Å²) in [5.41, 5.74) is 7.89. The minimum Gasteiger partial charge on any atom is -0.355 e. The van der Waals surface area contributed by atoms with E-state index in [0.29, 0.717) is 17.8 Å². The summed E-state index contributed by atoms with van der Waals surface area (Å²) >= 11 is 0. The molecule has 0 aliphatic carbocycles. The summed E-state index contributed by atoms with van der Waals surface area (Å²) in [5.74, 6) is -0.393. The van der Waals surface area contributed by atoms with Crippen molar-refractivity contribution in [2.24, 2.45) is 5.73 Å². The molecule has 0 aromatic heterocycles. The Kier molecular flexibility index (Phi) is 6.50. The molecule has 134 valence electrons. The number of nitrogens with two attached hydrogens (primary N) is 1. The summed E-state index contributed by atoms with van der Waals surface area (Å²) in [6.07, 6.45) is 3.10. The zero-order valence-electron chi connectivity index (χ0n) is 14.3. The van der Waals surface area contributed by atoms with Crippen molar-refractivity contribution in [3.63, 3.8) is 0 Å². The number of anilines is 1. The number of urea groups is 1. The normalized spacial score (nSPS) is 10.3. The third kappa shape index (κ3) is 5.79. The summed E-state index contributed by atoms with van der Waals surface area (Å²) in [7, 11) is 1.57. The maximum Gasteiger partial charge on any atom is 0.316 e. The van der Waals surface area contributed by atoms with Gasteiger partial charge in [0.1, 0.15) is 0 Å². The Morgan fingerprint density at radius 3 is 2.23 bits per heavy atom. The average Bonchev–Trinajstić information content (AvgIpc) is 2.65. The Morgan fingerprint density at radius 2 is 1.65 bits per heavy atom. The van der Waals surface area contributed by atoms with Crippen LogP contribution in [0.25, 0.3) is 6.08 Å². The van der Waals surface area contributed by atoms with Gasteiger partial charge in [0.2, 0.25) is 5.91 Å². The van der Waals surface area contributed by atoms with Gasteiger partial charge in [0, 0.05) is 30.9 Å². The topological polar surface area (TPSA) is 113 Å². The largest absolute Gasteiger partial charge is 0.355 e. The van der Waals surface area contributed by atoms with Crippen molar-refractivity contribution in [1.82, 2.24) is 10.6 Å². The Hall–Kier alpha value is -3.61. The van der Waals surface area contributed by atoms with E-state index in [4.69, 9.17) is 5.73 Å². The van der Waals surface area contributed by atoms with Gasteiger partial charge in [0.25, 0.3) is 5.91 Å². The van der Waals surface area contributed by atoms with Crippen molar-refractivity contribution in [3.05, 3.63) is 71.3 Å². The highest BCUT2D eigenvalue weighted by atomic mass is 16.2. The van der Waals surface area contributed by atoms with Crippen LogP contribution in [0.3, 0.4) is 0 Å². The number of amides is 4. The van der Waals surface area contributed by atoms with Gasteiger partial charge in [-0.15, -0.1) is 0 Å². The first-order valence-electron chi connectivity index (χ1n) is 7.91. The maximum absolute atomic E-state index is 11.9. The molecular weight excluding hydrogens is 332 g/mol. The van der Waals surface area contributed by atoms with E-state index in [-0.39, 0.29) is 11.8 Å². The molecule has 7 heteroatoms. The second-order valence-corrected chi connectivity index (χ2v) is 5.44. The summed E-state index contributed by atoms with van der Waals surface area (Å²) in [4.78, 5) is 34.1. The lowest BCUT2D eigenvalue weighted by Gasteiger charge is -2.05. The second kappa shape index (κ2) is 9.03. The zero-order valence-corrected chi connectivity index (χ0v) is 14.3. The predicted octanol–water partition coefficient (Wildman–Crippen LogP) is 1.87. The molecule has 0 saturated heterocycles. The fourth-order valence-corrected chi connectivity index (χ4v) is 2.16. The minimum atomic E-state index is -0.625. The van der Waals surface area contributed by atoms with E-state index < -0.39 is 6.03 Å². The molecule has 0 aliphatic rings. The number of carbonyl (C=O) groups is 3. The fraction of sp³-hybridized carbons (Fsp3) is 0.105. The number of hydrogen-bond acceptors (Lipinski definition) is 3. The standard InChI is InChI=1S/C19H20N4O3/c1-21-18(25)15-7-2-13(3-8-15)6-11-17(24)22-12-14-4-9-16(10-5-14)23-19(20)26/h2-11H,12H2,1H3,(H,21,25)(H,22,24)(H3,20,23,26)/b11-6+. The van der Waals surface area contributed by atoms with Gasteiger partial charge in [-0.25, -0.2) is 4.79 Å². The van der Waals surface area contributed by atoms with Crippen molar-refractivity contribution in [1.29, 1.82) is 0 Å². The fourth-order valence-electron chi connectivity index (χ4n) is 2.16. The number of carbonyl (C=O) groups excluding carboxylic acids is 3. The van der Waals surface area contributed by atoms with Crippen molar-refractivity contribution in [2.75, 3.05) is 12.4 Å². The molecule has 0 heterocycles. The van der Waals surface area contributed by atoms with Crippen molar-refractivity contribution in [3.8, 4) is 0 Å². The predicted molar refractivity (Wildman–Crippen MR) is 100 cm³/mol. The Labute approximate surface area is 151 Å². The van der Waals surface area contributed by atoms with Crippen LogP contribution in [0.2, 0.25) is 0 Å². The van der Waals surface area contributed by atoms with E-state index in [1.807, 2.05) is 0 Å². The Balaban J connectivity index is 1.85. The first kappa shape index (κ1) is 18.7. The summed E-state index contributed by atoms with van der Waals surface area (Å²) in [6, 6.07) is 13.3. The molecule has 0 saturated carbocycles. The molecule has 26 heavy (non-hydrogen) atoms. The molecular formula is C19H20N4O3. The lowest BCUT2D eigenvalue weighted by atomic mass is 10.1. The number of rotatable bonds is 6. The summed E-state index contributed by atoms with van der Waals surface area (Å²) in [6.45, 7) is 0.357. The molecule has 0 unspecified atom stereocenters. The van der Waals surface area contributed by atoms with Crippen LogP contribution in [0.4, 0.5) is 10.5 Å². The van der Waals surface area contributed by atoms with Gasteiger partial charge >= 0.3 is 6.03 Å². The second-order valence-electron chi connectivity index (χ2n) is 5.44. The van der Waals surface area contributed by atoms with Crippen molar-refractivity contribution in [2.45, 2.75) is 6.54 Å². The number of primary amides is 1. The lowest BCUT2D eigenvalue weighted by molar-refractivity contribution is -0.116. The minimum absolute atomic E-state index is 0.157. The van der Waals surface area contributed by atoms with Crippen LogP contribution < -0.4 is 21.7 Å². The molecule has 2 aromatic carbocycles. The van der Waals surface area contributed by atoms with Gasteiger partial charge < -0.3 is 21.7 Å². The Bertz CT molecular complexity index is 812. The summed E-state index contributed by atoms with van der Waals surface area (Å²) in [5, 5.41) is 7.78. The van der Waals surface area contributed by atoms with E-state index in [2.05, 4.69) is 16.0 Å². The molecule has 4 amide bonds. The maximum atomic E-state index is 11.9. The lowest BCUT2D eigenvalue weighted by Crippen LogP contribution is -2.20. The van der Waals surface area contributed by atoms with Crippen LogP contribution in [-0.2, 0) is 11.3 Å². The van der Waals surface area contributed by atoms with E-state index in [1.165, 1.54) is 6.08 Å². The number of benzene rings is 2. The van der Waals surface area contributed by atoms with Crippen LogP contribution in [0.1, 0.15) is 21.5 Å². The van der Waals surface area contributed by atoms with Crippen LogP contribution in [-0.4, -0.2) is 24.9 Å². The van der Waals surface area contributed by atoms with Gasteiger partial charge in [0.15, 0.2) is 0 Å². The van der Waals surface area contributed by atoms with Crippen LogP contribution in [0.15, 0.2) is 54.6 Å².